The van der Waals surface area contributed by atoms with E-state index >= 15 is 0 Å². The van der Waals surface area contributed by atoms with Crippen molar-refractivity contribution in [3.8, 4) is 0 Å². The van der Waals surface area contributed by atoms with E-state index in [-0.39, 0.29) is 16.3 Å². The SMILES string of the molecule is COC(=O)/C=C/c1c(Cl)nc2cc(C)ccn2c1=O. The van der Waals surface area contributed by atoms with Crippen LogP contribution < -0.4 is 5.56 Å². The van der Waals surface area contributed by atoms with E-state index in [1.807, 2.05) is 6.92 Å². The highest BCUT2D eigenvalue weighted by Crippen LogP contribution is 2.13. The number of fused-ring (bicyclic) bond motifs is 1. The number of hydrogen-bond donors (Lipinski definition) is 0. The first-order valence-corrected chi connectivity index (χ1v) is 5.85. The lowest BCUT2D eigenvalue weighted by Crippen LogP contribution is -2.18. The van der Waals surface area contributed by atoms with Crippen LogP contribution in [-0.2, 0) is 9.53 Å². The molecule has 19 heavy (non-hydrogen) atoms. The minimum atomic E-state index is -0.565. The lowest BCUT2D eigenvalue weighted by molar-refractivity contribution is -0.134. The topological polar surface area (TPSA) is 60.7 Å². The van der Waals surface area contributed by atoms with Crippen LogP contribution in [0.2, 0.25) is 5.15 Å². The molecule has 0 radical (unpaired) electrons. The summed E-state index contributed by atoms with van der Waals surface area (Å²) in [5.74, 6) is -0.565. The van der Waals surface area contributed by atoms with Gasteiger partial charge < -0.3 is 4.74 Å². The van der Waals surface area contributed by atoms with Crippen molar-refractivity contribution in [1.29, 1.82) is 0 Å². The summed E-state index contributed by atoms with van der Waals surface area (Å²) in [6.07, 6.45) is 4.05. The molecule has 0 aromatic carbocycles. The number of carbonyl (C=O) groups is 1. The van der Waals surface area contributed by atoms with Gasteiger partial charge in [0.25, 0.3) is 5.56 Å². The third-order valence-electron chi connectivity index (χ3n) is 2.56. The average Bonchev–Trinajstić information content (AvgIpc) is 2.37. The summed E-state index contributed by atoms with van der Waals surface area (Å²) in [4.78, 5) is 27.4. The van der Waals surface area contributed by atoms with Crippen LogP contribution in [0.5, 0.6) is 0 Å². The molecular formula is C13H11ClN2O3. The largest absolute Gasteiger partial charge is 0.466 e. The van der Waals surface area contributed by atoms with Crippen LogP contribution in [0.3, 0.4) is 0 Å². The van der Waals surface area contributed by atoms with Crippen LogP contribution in [-0.4, -0.2) is 22.5 Å². The second-order valence-electron chi connectivity index (χ2n) is 3.91. The zero-order valence-electron chi connectivity index (χ0n) is 10.4. The number of ether oxygens (including phenoxy) is 1. The van der Waals surface area contributed by atoms with E-state index in [9.17, 15) is 9.59 Å². The lowest BCUT2D eigenvalue weighted by atomic mass is 10.2. The number of esters is 1. The molecule has 0 unspecified atom stereocenters. The Morgan fingerprint density at radius 1 is 1.53 bits per heavy atom. The number of aryl methyl sites for hydroxylation is 1. The molecule has 0 saturated carbocycles. The van der Waals surface area contributed by atoms with E-state index in [2.05, 4.69) is 9.72 Å². The van der Waals surface area contributed by atoms with Crippen LogP contribution in [0, 0.1) is 6.92 Å². The molecule has 0 amide bonds. The molecule has 2 aromatic rings. The number of rotatable bonds is 2. The Labute approximate surface area is 114 Å². The van der Waals surface area contributed by atoms with Gasteiger partial charge in [-0.05, 0) is 30.7 Å². The van der Waals surface area contributed by atoms with Crippen LogP contribution >= 0.6 is 11.6 Å². The van der Waals surface area contributed by atoms with Gasteiger partial charge in [0.1, 0.15) is 10.8 Å². The number of nitrogens with zero attached hydrogens (tertiary/aromatic N) is 2. The first-order valence-electron chi connectivity index (χ1n) is 5.47. The Morgan fingerprint density at radius 3 is 2.95 bits per heavy atom. The highest BCUT2D eigenvalue weighted by molar-refractivity contribution is 6.31. The maximum Gasteiger partial charge on any atom is 0.330 e. The number of aromatic nitrogens is 2. The van der Waals surface area contributed by atoms with Gasteiger partial charge in [0.2, 0.25) is 0 Å². The van der Waals surface area contributed by atoms with Crippen molar-refractivity contribution in [2.24, 2.45) is 0 Å². The van der Waals surface area contributed by atoms with Gasteiger partial charge in [0.15, 0.2) is 0 Å². The summed E-state index contributed by atoms with van der Waals surface area (Å²) in [6, 6.07) is 3.54. The van der Waals surface area contributed by atoms with Gasteiger partial charge in [-0.25, -0.2) is 9.78 Å². The van der Waals surface area contributed by atoms with Gasteiger partial charge in [0, 0.05) is 12.3 Å². The van der Waals surface area contributed by atoms with Crippen LogP contribution in [0.15, 0.2) is 29.2 Å². The highest BCUT2D eigenvalue weighted by Gasteiger charge is 2.09. The molecule has 0 spiro atoms. The van der Waals surface area contributed by atoms with Gasteiger partial charge in [0.05, 0.1) is 12.7 Å². The first kappa shape index (κ1) is 13.3. The van der Waals surface area contributed by atoms with E-state index < -0.39 is 5.97 Å². The lowest BCUT2D eigenvalue weighted by Gasteiger charge is -2.04. The number of carbonyl (C=O) groups excluding carboxylic acids is 1. The fourth-order valence-corrected chi connectivity index (χ4v) is 1.82. The number of methoxy groups -OCH3 is 1. The fourth-order valence-electron chi connectivity index (χ4n) is 1.59. The van der Waals surface area contributed by atoms with Crippen LogP contribution in [0.4, 0.5) is 0 Å². The Balaban J connectivity index is 2.63. The third kappa shape index (κ3) is 2.66. The molecule has 0 N–H and O–H groups in total. The summed E-state index contributed by atoms with van der Waals surface area (Å²) in [5, 5.41) is 0.0516. The second kappa shape index (κ2) is 5.24. The van der Waals surface area contributed by atoms with E-state index in [4.69, 9.17) is 11.6 Å². The minimum absolute atomic E-state index is 0.0516. The molecule has 0 bridgehead atoms. The first-order chi connectivity index (χ1) is 9.02. The van der Waals surface area contributed by atoms with Crippen LogP contribution in [0.1, 0.15) is 11.1 Å². The summed E-state index contributed by atoms with van der Waals surface area (Å²) in [6.45, 7) is 1.89. The molecule has 6 heteroatoms. The third-order valence-corrected chi connectivity index (χ3v) is 2.85. The van der Waals surface area contributed by atoms with E-state index in [0.29, 0.717) is 5.65 Å². The van der Waals surface area contributed by atoms with Crippen molar-refractivity contribution in [2.75, 3.05) is 7.11 Å². The Hall–Kier alpha value is -2.14. The number of hydrogen-bond acceptors (Lipinski definition) is 4. The molecule has 2 aromatic heterocycles. The predicted octanol–water partition coefficient (Wildman–Crippen LogP) is 1.84. The van der Waals surface area contributed by atoms with E-state index in [0.717, 1.165) is 11.6 Å². The van der Waals surface area contributed by atoms with Gasteiger partial charge in [-0.3, -0.25) is 9.20 Å². The molecule has 0 fully saturated rings. The molecule has 2 heterocycles. The summed E-state index contributed by atoms with van der Waals surface area (Å²) in [7, 11) is 1.25. The van der Waals surface area contributed by atoms with Crippen molar-refractivity contribution < 1.29 is 9.53 Å². The van der Waals surface area contributed by atoms with Crippen LogP contribution in [0.25, 0.3) is 11.7 Å². The average molecular weight is 279 g/mol. The minimum Gasteiger partial charge on any atom is -0.466 e. The molecule has 5 nitrogen and oxygen atoms in total. The second-order valence-corrected chi connectivity index (χ2v) is 4.27. The molecule has 0 aliphatic carbocycles. The number of halogens is 1. The molecule has 2 rings (SSSR count). The smallest absolute Gasteiger partial charge is 0.330 e. The zero-order valence-corrected chi connectivity index (χ0v) is 11.1. The standard InChI is InChI=1S/C13H11ClN2O3/c1-8-5-6-16-10(7-8)15-12(14)9(13(16)18)3-4-11(17)19-2/h3-7H,1-2H3/b4-3+. The molecule has 0 aliphatic heterocycles. The van der Waals surface area contributed by atoms with Crippen molar-refractivity contribution in [1.82, 2.24) is 9.38 Å². The Bertz CT molecular complexity index is 734. The Morgan fingerprint density at radius 2 is 2.26 bits per heavy atom. The van der Waals surface area contributed by atoms with Crippen molar-refractivity contribution in [3.05, 3.63) is 51.0 Å². The van der Waals surface area contributed by atoms with E-state index in [1.54, 1.807) is 18.3 Å². The van der Waals surface area contributed by atoms with Gasteiger partial charge >= 0.3 is 5.97 Å². The van der Waals surface area contributed by atoms with Gasteiger partial charge in [-0.1, -0.05) is 11.6 Å². The monoisotopic (exact) mass is 278 g/mol. The number of pyridine rings is 1. The molecular weight excluding hydrogens is 268 g/mol. The van der Waals surface area contributed by atoms with Crippen molar-refractivity contribution >= 4 is 29.3 Å². The molecule has 98 valence electrons. The maximum absolute atomic E-state index is 12.2. The van der Waals surface area contributed by atoms with E-state index in [1.165, 1.54) is 17.6 Å². The summed E-state index contributed by atoms with van der Waals surface area (Å²) >= 11 is 5.96. The van der Waals surface area contributed by atoms with Crippen molar-refractivity contribution in [3.63, 3.8) is 0 Å². The molecule has 0 atom stereocenters. The Kier molecular flexibility index (Phi) is 3.66. The summed E-state index contributed by atoms with van der Waals surface area (Å²) in [5.41, 5.74) is 1.25. The maximum atomic E-state index is 12.2. The molecule has 0 aliphatic rings. The zero-order chi connectivity index (χ0) is 14.0. The summed E-state index contributed by atoms with van der Waals surface area (Å²) < 4.78 is 5.83. The van der Waals surface area contributed by atoms with Gasteiger partial charge in [-0.15, -0.1) is 0 Å². The van der Waals surface area contributed by atoms with Gasteiger partial charge in [-0.2, -0.15) is 0 Å². The van der Waals surface area contributed by atoms with Crippen molar-refractivity contribution in [2.45, 2.75) is 6.92 Å². The fraction of sp³-hybridized carbons (Fsp3) is 0.154. The highest BCUT2D eigenvalue weighted by atomic mass is 35.5. The normalized spacial score (nSPS) is 11.1. The predicted molar refractivity (Wildman–Crippen MR) is 72.3 cm³/mol. The quantitative estimate of drug-likeness (QED) is 0.478. The molecule has 0 saturated heterocycles.